The van der Waals surface area contributed by atoms with E-state index < -0.39 is 8.32 Å². The van der Waals surface area contributed by atoms with Crippen molar-refractivity contribution in [3.05, 3.63) is 71.8 Å². The van der Waals surface area contributed by atoms with Crippen LogP contribution in [0, 0.1) is 0 Å². The van der Waals surface area contributed by atoms with Crippen LogP contribution in [0.1, 0.15) is 38.3 Å². The summed E-state index contributed by atoms with van der Waals surface area (Å²) in [5.41, 5.74) is 2.43. The summed E-state index contributed by atoms with van der Waals surface area (Å²) >= 11 is 0. The molecule has 0 aliphatic carbocycles. The normalized spacial score (nSPS) is 19.6. The van der Waals surface area contributed by atoms with Crippen LogP contribution in [0.25, 0.3) is 0 Å². The lowest BCUT2D eigenvalue weighted by atomic mass is 9.97. The highest BCUT2D eigenvalue weighted by atomic mass is 28.4. The first-order chi connectivity index (χ1) is 14.7. The quantitative estimate of drug-likeness (QED) is 0.513. The Hall–Kier alpha value is -2.24. The molecule has 166 valence electrons. The number of nitrogens with zero attached hydrogens (tertiary/aromatic N) is 2. The van der Waals surface area contributed by atoms with Gasteiger partial charge in [-0.2, -0.15) is 0 Å². The summed E-state index contributed by atoms with van der Waals surface area (Å²) in [6.45, 7) is 12.4. The van der Waals surface area contributed by atoms with Gasteiger partial charge in [-0.1, -0.05) is 81.4 Å². The van der Waals surface area contributed by atoms with Crippen molar-refractivity contribution in [3.63, 3.8) is 0 Å². The summed E-state index contributed by atoms with van der Waals surface area (Å²) in [6, 6.07) is 20.7. The lowest BCUT2D eigenvalue weighted by Gasteiger charge is -2.42. The number of hydrogen-bond donors (Lipinski definition) is 0. The zero-order valence-corrected chi connectivity index (χ0v) is 20.5. The molecular weight excluding hydrogens is 400 g/mol. The summed E-state index contributed by atoms with van der Waals surface area (Å²) in [5, 5.41) is 0.124. The monoisotopic (exact) mass is 436 g/mol. The molecule has 3 rings (SSSR count). The zero-order valence-electron chi connectivity index (χ0n) is 19.5. The van der Waals surface area contributed by atoms with Crippen LogP contribution in [0.15, 0.2) is 65.7 Å². The highest BCUT2D eigenvalue weighted by Crippen LogP contribution is 2.37. The van der Waals surface area contributed by atoms with Crippen molar-refractivity contribution >= 4 is 20.4 Å². The molecule has 1 aliphatic heterocycles. The maximum atomic E-state index is 12.9. The number of hydrogen-bond acceptors (Lipinski definition) is 3. The highest BCUT2D eigenvalue weighted by Gasteiger charge is 2.40. The predicted molar refractivity (Wildman–Crippen MR) is 131 cm³/mol. The Balaban J connectivity index is 1.81. The minimum atomic E-state index is -1.94. The van der Waals surface area contributed by atoms with Crippen LogP contribution >= 0.6 is 0 Å². The maximum absolute atomic E-state index is 12.9. The second kappa shape index (κ2) is 9.92. The minimum Gasteiger partial charge on any atom is -0.415 e. The van der Waals surface area contributed by atoms with Gasteiger partial charge in [-0.05, 0) is 42.1 Å². The van der Waals surface area contributed by atoms with Crippen molar-refractivity contribution in [2.24, 2.45) is 4.99 Å². The summed E-state index contributed by atoms with van der Waals surface area (Å²) in [5.74, 6) is -0.0244. The number of carbonyl (C=O) groups excluding carboxylic acids is 1. The van der Waals surface area contributed by atoms with E-state index in [1.807, 2.05) is 29.2 Å². The first-order valence-corrected chi connectivity index (χ1v) is 14.1. The Morgan fingerprint density at radius 2 is 1.55 bits per heavy atom. The van der Waals surface area contributed by atoms with Gasteiger partial charge in [-0.3, -0.25) is 9.79 Å². The smallest absolute Gasteiger partial charge is 0.265 e. The van der Waals surface area contributed by atoms with E-state index in [-0.39, 0.29) is 23.0 Å². The molecule has 0 bridgehead atoms. The number of amides is 1. The van der Waals surface area contributed by atoms with Crippen LogP contribution in [-0.4, -0.2) is 44.0 Å². The van der Waals surface area contributed by atoms with Crippen molar-refractivity contribution in [1.29, 1.82) is 0 Å². The van der Waals surface area contributed by atoms with Crippen molar-refractivity contribution in [1.82, 2.24) is 4.90 Å². The molecule has 0 radical (unpaired) electrons. The molecule has 0 spiro atoms. The van der Waals surface area contributed by atoms with Crippen molar-refractivity contribution in [2.75, 3.05) is 6.61 Å². The number of aryl methyl sites for hydroxylation is 1. The first kappa shape index (κ1) is 23.4. The largest absolute Gasteiger partial charge is 0.415 e. The summed E-state index contributed by atoms with van der Waals surface area (Å²) < 4.78 is 6.60. The van der Waals surface area contributed by atoms with Crippen LogP contribution < -0.4 is 0 Å². The molecule has 0 saturated heterocycles. The molecule has 0 unspecified atom stereocenters. The molecule has 0 saturated carbocycles. The second-order valence-electron chi connectivity index (χ2n) is 9.96. The fourth-order valence-electron chi connectivity index (χ4n) is 3.62. The van der Waals surface area contributed by atoms with Crippen LogP contribution in [0.2, 0.25) is 18.1 Å². The minimum absolute atomic E-state index is 0.0244. The zero-order chi connectivity index (χ0) is 22.5. The van der Waals surface area contributed by atoms with Gasteiger partial charge in [0, 0.05) is 6.54 Å². The molecule has 5 heteroatoms. The van der Waals surface area contributed by atoms with Crippen molar-refractivity contribution in [3.8, 4) is 0 Å². The van der Waals surface area contributed by atoms with Gasteiger partial charge in [-0.25, -0.2) is 0 Å². The van der Waals surface area contributed by atoms with E-state index >= 15 is 0 Å². The van der Waals surface area contributed by atoms with Gasteiger partial charge in [0.05, 0.1) is 24.9 Å². The standard InChI is InChI=1S/C26H36N2O2Si/c1-26(2,3)31(4,5)30-20-24-23(17-16-21-12-8-6-9-13-21)27-18-25(29)28(24)19-22-14-10-7-11-15-22/h6-15,18,23-24H,16-17,19-20H2,1-5H3/t23-,24-/m1/s1. The van der Waals surface area contributed by atoms with E-state index in [9.17, 15) is 4.79 Å². The average molecular weight is 437 g/mol. The van der Waals surface area contributed by atoms with E-state index in [0.29, 0.717) is 13.2 Å². The SMILES string of the molecule is CC(C)(C)[Si](C)(C)OC[C@@H]1[C@@H](CCc2ccccc2)N=CC(=O)N1Cc1ccccc1. The number of aliphatic imine (C=N–C) groups is 1. The lowest BCUT2D eigenvalue weighted by molar-refractivity contribution is -0.128. The topological polar surface area (TPSA) is 41.9 Å². The van der Waals surface area contributed by atoms with Gasteiger partial charge in [-0.15, -0.1) is 0 Å². The molecule has 0 aromatic heterocycles. The van der Waals surface area contributed by atoms with E-state index in [2.05, 4.69) is 75.3 Å². The number of rotatable bonds is 8. The fourth-order valence-corrected chi connectivity index (χ4v) is 4.64. The number of benzene rings is 2. The first-order valence-electron chi connectivity index (χ1n) is 11.2. The Kier molecular flexibility index (Phi) is 7.49. The highest BCUT2D eigenvalue weighted by molar-refractivity contribution is 6.74. The van der Waals surface area contributed by atoms with Crippen molar-refractivity contribution < 1.29 is 9.22 Å². The van der Waals surface area contributed by atoms with Gasteiger partial charge in [0.2, 0.25) is 0 Å². The molecule has 2 aromatic rings. The van der Waals surface area contributed by atoms with Gasteiger partial charge in [0.15, 0.2) is 8.32 Å². The van der Waals surface area contributed by atoms with Gasteiger partial charge in [0.25, 0.3) is 5.91 Å². The number of carbonyl (C=O) groups is 1. The Morgan fingerprint density at radius 3 is 2.13 bits per heavy atom. The third-order valence-electron chi connectivity index (χ3n) is 6.69. The van der Waals surface area contributed by atoms with Gasteiger partial charge in [0.1, 0.15) is 0 Å². The molecule has 2 atom stereocenters. The summed E-state index contributed by atoms with van der Waals surface area (Å²) in [6.07, 6.45) is 3.35. The molecule has 2 aromatic carbocycles. The van der Waals surface area contributed by atoms with Crippen LogP contribution in [0.4, 0.5) is 0 Å². The maximum Gasteiger partial charge on any atom is 0.265 e. The van der Waals surface area contributed by atoms with Gasteiger partial charge < -0.3 is 9.33 Å². The second-order valence-corrected chi connectivity index (χ2v) is 14.8. The third-order valence-corrected chi connectivity index (χ3v) is 11.2. The van der Waals surface area contributed by atoms with E-state index in [1.165, 1.54) is 11.8 Å². The van der Waals surface area contributed by atoms with Gasteiger partial charge >= 0.3 is 0 Å². The Morgan fingerprint density at radius 1 is 0.968 bits per heavy atom. The van der Waals surface area contributed by atoms with E-state index in [1.54, 1.807) is 0 Å². The molecule has 1 aliphatic rings. The molecule has 1 heterocycles. The Labute approximate surface area is 188 Å². The molecular formula is C26H36N2O2Si. The van der Waals surface area contributed by atoms with Crippen molar-refractivity contribution in [2.45, 2.75) is 70.4 Å². The average Bonchev–Trinajstić information content (AvgIpc) is 2.74. The van der Waals surface area contributed by atoms with Crippen LogP contribution in [-0.2, 0) is 22.2 Å². The predicted octanol–water partition coefficient (Wildman–Crippen LogP) is 5.49. The molecule has 0 fully saturated rings. The van der Waals surface area contributed by atoms with E-state index in [0.717, 1.165) is 18.4 Å². The molecule has 31 heavy (non-hydrogen) atoms. The van der Waals surface area contributed by atoms with Crippen LogP contribution in [0.5, 0.6) is 0 Å². The lowest BCUT2D eigenvalue weighted by Crippen LogP contribution is -2.54. The molecule has 0 N–H and O–H groups in total. The fraction of sp³-hybridized carbons (Fsp3) is 0.462. The Bertz CT molecular complexity index is 875. The molecule has 4 nitrogen and oxygen atoms in total. The summed E-state index contributed by atoms with van der Waals surface area (Å²) in [4.78, 5) is 19.5. The van der Waals surface area contributed by atoms with Crippen LogP contribution in [0.3, 0.4) is 0 Å². The molecule has 1 amide bonds. The summed E-state index contributed by atoms with van der Waals surface area (Å²) in [7, 11) is -1.94. The third kappa shape index (κ3) is 6.14. The van der Waals surface area contributed by atoms with E-state index in [4.69, 9.17) is 4.43 Å².